The Kier molecular flexibility index (Phi) is 19.9. The number of aromatic amines is 1. The smallest absolute Gasteiger partial charge is 0.348 e. The van der Waals surface area contributed by atoms with Crippen LogP contribution in [0.25, 0.3) is 0 Å². The van der Waals surface area contributed by atoms with E-state index in [1.54, 1.807) is 0 Å². The number of hydrogen-bond donors (Lipinski definition) is 3. The highest BCUT2D eigenvalue weighted by Gasteiger charge is 2.01. The fourth-order valence-corrected chi connectivity index (χ4v) is 4.31. The lowest BCUT2D eigenvalue weighted by Crippen LogP contribution is -2.17. The Morgan fingerprint density at radius 1 is 0.606 bits per heavy atom. The van der Waals surface area contributed by atoms with Crippen LogP contribution in [0, 0.1) is 0 Å². The van der Waals surface area contributed by atoms with Crippen LogP contribution in [-0.2, 0) is 0 Å². The predicted molar refractivity (Wildman–Crippen MR) is 146 cm³/mol. The molecule has 3 N–H and O–H groups in total. The van der Waals surface area contributed by atoms with Gasteiger partial charge >= 0.3 is 5.69 Å². The fraction of sp³-hybridized carbons (Fsp3) is 0.857. The van der Waals surface area contributed by atoms with Gasteiger partial charge in [-0.15, -0.1) is 0 Å². The van der Waals surface area contributed by atoms with Crippen LogP contribution in [0.15, 0.2) is 10.9 Å². The summed E-state index contributed by atoms with van der Waals surface area (Å²) in [5, 5.41) is 6.68. The minimum Gasteiger partial charge on any atom is -0.371 e. The van der Waals surface area contributed by atoms with Gasteiger partial charge in [0.15, 0.2) is 0 Å². The standard InChI is InChI=1S/C28H54N4O/c1-3-5-7-9-11-13-15-17-19-21-23-29-26-25-27(32-28(33)31-26)30-24-22-20-18-16-14-12-10-8-6-4-2/h25H,3-24H2,1-2H3,(H3,29,30,31,32,33). The van der Waals surface area contributed by atoms with Gasteiger partial charge < -0.3 is 10.6 Å². The topological polar surface area (TPSA) is 69.8 Å². The maximum Gasteiger partial charge on any atom is 0.348 e. The molecular weight excluding hydrogens is 408 g/mol. The second kappa shape index (κ2) is 22.3. The molecule has 1 aromatic heterocycles. The van der Waals surface area contributed by atoms with Crippen molar-refractivity contribution in [1.29, 1.82) is 0 Å². The highest BCUT2D eigenvalue weighted by Crippen LogP contribution is 2.13. The van der Waals surface area contributed by atoms with E-state index in [4.69, 9.17) is 0 Å². The Bertz CT molecular complexity index is 555. The lowest BCUT2D eigenvalue weighted by atomic mass is 10.1. The number of rotatable bonds is 24. The first-order valence-corrected chi connectivity index (χ1v) is 14.4. The number of anilines is 2. The fourth-order valence-electron chi connectivity index (χ4n) is 4.31. The van der Waals surface area contributed by atoms with E-state index in [9.17, 15) is 4.79 Å². The summed E-state index contributed by atoms with van der Waals surface area (Å²) in [6.07, 6.45) is 26.7. The van der Waals surface area contributed by atoms with Crippen LogP contribution >= 0.6 is 0 Å². The van der Waals surface area contributed by atoms with Gasteiger partial charge in [-0.25, -0.2) is 4.79 Å². The predicted octanol–water partition coefficient (Wildman–Crippen LogP) is 8.44. The highest BCUT2D eigenvalue weighted by molar-refractivity contribution is 5.46. The average Bonchev–Trinajstić information content (AvgIpc) is 2.80. The summed E-state index contributed by atoms with van der Waals surface area (Å²) in [5.74, 6) is 1.46. The third-order valence-corrected chi connectivity index (χ3v) is 6.43. The summed E-state index contributed by atoms with van der Waals surface area (Å²) in [4.78, 5) is 18.7. The molecule has 0 aliphatic rings. The number of nitrogens with one attached hydrogen (secondary N) is 3. The molecule has 0 bridgehead atoms. The van der Waals surface area contributed by atoms with E-state index >= 15 is 0 Å². The van der Waals surface area contributed by atoms with Crippen molar-refractivity contribution in [3.05, 3.63) is 16.6 Å². The molecule has 0 unspecified atom stereocenters. The Hall–Kier alpha value is -1.52. The third kappa shape index (κ3) is 18.6. The van der Waals surface area contributed by atoms with Crippen LogP contribution in [0.5, 0.6) is 0 Å². The van der Waals surface area contributed by atoms with Crippen LogP contribution in [0.3, 0.4) is 0 Å². The van der Waals surface area contributed by atoms with Crippen molar-refractivity contribution < 1.29 is 0 Å². The van der Waals surface area contributed by atoms with E-state index in [1.807, 2.05) is 6.07 Å². The van der Waals surface area contributed by atoms with E-state index in [1.165, 1.54) is 116 Å². The monoisotopic (exact) mass is 462 g/mol. The first kappa shape index (κ1) is 29.5. The van der Waals surface area contributed by atoms with Gasteiger partial charge in [0.1, 0.15) is 11.6 Å². The molecule has 5 nitrogen and oxygen atoms in total. The average molecular weight is 463 g/mol. The summed E-state index contributed by atoms with van der Waals surface area (Å²) in [5.41, 5.74) is -0.284. The molecule has 0 saturated heterocycles. The molecule has 5 heteroatoms. The lowest BCUT2D eigenvalue weighted by Gasteiger charge is -2.09. The summed E-state index contributed by atoms with van der Waals surface area (Å²) < 4.78 is 0. The minimum atomic E-state index is -0.284. The van der Waals surface area contributed by atoms with Crippen LogP contribution in [0.2, 0.25) is 0 Å². The molecule has 0 fully saturated rings. The number of hydrogen-bond acceptors (Lipinski definition) is 4. The second-order valence-corrected chi connectivity index (χ2v) is 9.70. The van der Waals surface area contributed by atoms with E-state index < -0.39 is 0 Å². The Morgan fingerprint density at radius 2 is 1.00 bits per heavy atom. The molecule has 0 aliphatic heterocycles. The molecular formula is C28H54N4O. The molecule has 1 aromatic rings. The highest BCUT2D eigenvalue weighted by atomic mass is 16.1. The normalized spacial score (nSPS) is 11.1. The van der Waals surface area contributed by atoms with Crippen molar-refractivity contribution in [2.75, 3.05) is 23.7 Å². The van der Waals surface area contributed by atoms with E-state index in [2.05, 4.69) is 34.4 Å². The van der Waals surface area contributed by atoms with Crippen molar-refractivity contribution in [3.8, 4) is 0 Å². The van der Waals surface area contributed by atoms with Crippen molar-refractivity contribution >= 4 is 11.6 Å². The summed E-state index contributed by atoms with van der Waals surface area (Å²) in [6.45, 7) is 6.32. The minimum absolute atomic E-state index is 0.284. The van der Waals surface area contributed by atoms with Crippen molar-refractivity contribution in [1.82, 2.24) is 9.97 Å². The van der Waals surface area contributed by atoms with Crippen LogP contribution < -0.4 is 16.3 Å². The molecule has 0 saturated carbocycles. The lowest BCUT2D eigenvalue weighted by molar-refractivity contribution is 0.559. The zero-order valence-electron chi connectivity index (χ0n) is 22.0. The first-order chi connectivity index (χ1) is 16.3. The van der Waals surface area contributed by atoms with Gasteiger partial charge in [0, 0.05) is 19.2 Å². The molecule has 1 heterocycles. The summed E-state index contributed by atoms with van der Waals surface area (Å²) in [6, 6.07) is 1.92. The van der Waals surface area contributed by atoms with Crippen LogP contribution in [0.4, 0.5) is 11.6 Å². The quantitative estimate of drug-likeness (QED) is 0.135. The third-order valence-electron chi connectivity index (χ3n) is 6.43. The molecule has 1 rings (SSSR count). The number of nitrogens with zero attached hydrogens (tertiary/aromatic N) is 1. The van der Waals surface area contributed by atoms with E-state index in [0.29, 0.717) is 5.82 Å². The summed E-state index contributed by atoms with van der Waals surface area (Å²) in [7, 11) is 0. The molecule has 192 valence electrons. The molecule has 0 amide bonds. The van der Waals surface area contributed by atoms with E-state index in [0.717, 1.165) is 31.7 Å². The number of unbranched alkanes of at least 4 members (excludes halogenated alkanes) is 18. The van der Waals surface area contributed by atoms with E-state index in [-0.39, 0.29) is 5.69 Å². The molecule has 0 atom stereocenters. The molecule has 0 spiro atoms. The first-order valence-electron chi connectivity index (χ1n) is 14.4. The Labute approximate surface area is 204 Å². The molecule has 0 radical (unpaired) electrons. The Morgan fingerprint density at radius 3 is 1.45 bits per heavy atom. The van der Waals surface area contributed by atoms with Gasteiger partial charge in [-0.1, -0.05) is 129 Å². The Balaban J connectivity index is 2.03. The van der Waals surface area contributed by atoms with Crippen molar-refractivity contribution in [2.45, 2.75) is 142 Å². The maximum atomic E-state index is 11.9. The molecule has 0 aromatic carbocycles. The summed E-state index contributed by atoms with van der Waals surface area (Å²) >= 11 is 0. The molecule has 33 heavy (non-hydrogen) atoms. The van der Waals surface area contributed by atoms with Gasteiger partial charge in [-0.05, 0) is 12.8 Å². The van der Waals surface area contributed by atoms with Crippen LogP contribution in [0.1, 0.15) is 142 Å². The van der Waals surface area contributed by atoms with Gasteiger partial charge in [-0.3, -0.25) is 4.98 Å². The van der Waals surface area contributed by atoms with Gasteiger partial charge in [-0.2, -0.15) is 4.98 Å². The van der Waals surface area contributed by atoms with Crippen molar-refractivity contribution in [3.63, 3.8) is 0 Å². The largest absolute Gasteiger partial charge is 0.371 e. The van der Waals surface area contributed by atoms with Gasteiger partial charge in [0.05, 0.1) is 0 Å². The zero-order chi connectivity index (χ0) is 23.8. The zero-order valence-corrected chi connectivity index (χ0v) is 22.0. The second-order valence-electron chi connectivity index (χ2n) is 9.70. The van der Waals surface area contributed by atoms with Crippen LogP contribution in [-0.4, -0.2) is 23.1 Å². The van der Waals surface area contributed by atoms with Gasteiger partial charge in [0.2, 0.25) is 0 Å². The number of aromatic nitrogens is 2. The molecule has 0 aliphatic carbocycles. The van der Waals surface area contributed by atoms with Crippen molar-refractivity contribution in [2.24, 2.45) is 0 Å². The maximum absolute atomic E-state index is 11.9. The number of H-pyrrole nitrogens is 1. The SMILES string of the molecule is CCCCCCCCCCCCNc1cc(NCCCCCCCCCCCC)[nH]c(=O)n1. The van der Waals surface area contributed by atoms with Gasteiger partial charge in [0.25, 0.3) is 0 Å².